The monoisotopic (exact) mass is 534 g/mol. The van der Waals surface area contributed by atoms with Crippen molar-refractivity contribution in [2.45, 2.75) is 0 Å². The predicted molar refractivity (Wildman–Crippen MR) is 168 cm³/mol. The molecule has 2 aromatic heterocycles. The molecule has 42 heavy (non-hydrogen) atoms. The molecule has 0 bridgehead atoms. The summed E-state index contributed by atoms with van der Waals surface area (Å²) in [7, 11) is 0. The van der Waals surface area contributed by atoms with Crippen molar-refractivity contribution in [1.29, 1.82) is 10.5 Å². The Bertz CT molecular complexity index is 1980. The number of hydrogen-bond donors (Lipinski definition) is 0. The van der Waals surface area contributed by atoms with E-state index in [2.05, 4.69) is 119 Å². The SMILES string of the molecule is N#Cc1ccnc(-c2ccc(-c3c4ccccc4c(-c4ccc(-c5ccnc(C#N)c5)cc4)c4ccccc34)cc2)c1. The van der Waals surface area contributed by atoms with Gasteiger partial charge in [0.05, 0.1) is 17.3 Å². The van der Waals surface area contributed by atoms with E-state index >= 15 is 0 Å². The summed E-state index contributed by atoms with van der Waals surface area (Å²) in [6.45, 7) is 0. The molecular formula is C38H22N4. The zero-order chi connectivity index (χ0) is 28.5. The van der Waals surface area contributed by atoms with Crippen molar-refractivity contribution in [3.05, 3.63) is 145 Å². The van der Waals surface area contributed by atoms with Gasteiger partial charge in [-0.05, 0) is 79.2 Å². The Kier molecular flexibility index (Phi) is 6.21. The molecule has 194 valence electrons. The third-order valence-corrected chi connectivity index (χ3v) is 7.67. The van der Waals surface area contributed by atoms with Gasteiger partial charge in [0.1, 0.15) is 11.8 Å². The molecule has 2 heterocycles. The van der Waals surface area contributed by atoms with Gasteiger partial charge in [-0.15, -0.1) is 0 Å². The van der Waals surface area contributed by atoms with Gasteiger partial charge in [0.25, 0.3) is 0 Å². The van der Waals surface area contributed by atoms with Crippen LogP contribution in [0.15, 0.2) is 134 Å². The van der Waals surface area contributed by atoms with Gasteiger partial charge in [-0.1, -0.05) is 97.1 Å². The Morgan fingerprint density at radius 3 is 1.45 bits per heavy atom. The van der Waals surface area contributed by atoms with Crippen LogP contribution in [0.3, 0.4) is 0 Å². The van der Waals surface area contributed by atoms with Crippen LogP contribution in [0.25, 0.3) is 66.2 Å². The lowest BCUT2D eigenvalue weighted by atomic mass is 9.85. The molecule has 0 unspecified atom stereocenters. The van der Waals surface area contributed by atoms with E-state index in [-0.39, 0.29) is 0 Å². The third kappa shape index (κ3) is 4.34. The topological polar surface area (TPSA) is 73.4 Å². The average Bonchev–Trinajstić information content (AvgIpc) is 3.07. The van der Waals surface area contributed by atoms with Crippen LogP contribution in [0.2, 0.25) is 0 Å². The van der Waals surface area contributed by atoms with Gasteiger partial charge in [0.2, 0.25) is 0 Å². The second-order valence-electron chi connectivity index (χ2n) is 10.1. The molecule has 7 rings (SSSR count). The lowest BCUT2D eigenvalue weighted by molar-refractivity contribution is 1.26. The molecule has 0 saturated carbocycles. The van der Waals surface area contributed by atoms with Gasteiger partial charge in [0.15, 0.2) is 0 Å². The van der Waals surface area contributed by atoms with E-state index in [0.717, 1.165) is 33.5 Å². The Balaban J connectivity index is 1.38. The van der Waals surface area contributed by atoms with Crippen molar-refractivity contribution in [2.75, 3.05) is 0 Å². The Hall–Kier alpha value is -6.10. The molecule has 0 N–H and O–H groups in total. The number of hydrogen-bond acceptors (Lipinski definition) is 4. The summed E-state index contributed by atoms with van der Waals surface area (Å²) in [6.07, 6.45) is 3.35. The summed E-state index contributed by atoms with van der Waals surface area (Å²) < 4.78 is 0. The normalized spacial score (nSPS) is 10.8. The fraction of sp³-hybridized carbons (Fsp3) is 0. The highest BCUT2D eigenvalue weighted by Gasteiger charge is 2.16. The van der Waals surface area contributed by atoms with Crippen molar-refractivity contribution >= 4 is 21.5 Å². The molecule has 0 saturated heterocycles. The summed E-state index contributed by atoms with van der Waals surface area (Å²) in [5, 5.41) is 23.3. The molecule has 0 spiro atoms. The number of nitriles is 2. The van der Waals surface area contributed by atoms with Crippen LogP contribution in [0, 0.1) is 22.7 Å². The number of aromatic nitrogens is 2. The van der Waals surface area contributed by atoms with Gasteiger partial charge in [-0.2, -0.15) is 10.5 Å². The predicted octanol–water partition coefficient (Wildman–Crippen LogP) is 9.19. The summed E-state index contributed by atoms with van der Waals surface area (Å²) in [6, 6.07) is 45.7. The number of pyridine rings is 2. The van der Waals surface area contributed by atoms with Gasteiger partial charge in [-0.3, -0.25) is 4.98 Å². The molecule has 0 aliphatic carbocycles. The molecular weight excluding hydrogens is 512 g/mol. The highest BCUT2D eigenvalue weighted by Crippen LogP contribution is 2.44. The molecule has 0 fully saturated rings. The Morgan fingerprint density at radius 2 is 0.929 bits per heavy atom. The molecule has 4 nitrogen and oxygen atoms in total. The van der Waals surface area contributed by atoms with Crippen LogP contribution in [0.4, 0.5) is 0 Å². The maximum atomic E-state index is 9.30. The minimum absolute atomic E-state index is 0.407. The van der Waals surface area contributed by atoms with Crippen molar-refractivity contribution in [2.24, 2.45) is 0 Å². The lowest BCUT2D eigenvalue weighted by Crippen LogP contribution is -1.91. The fourth-order valence-corrected chi connectivity index (χ4v) is 5.72. The van der Waals surface area contributed by atoms with Crippen molar-refractivity contribution < 1.29 is 0 Å². The van der Waals surface area contributed by atoms with Gasteiger partial charge < -0.3 is 0 Å². The highest BCUT2D eigenvalue weighted by atomic mass is 14.7. The summed E-state index contributed by atoms with van der Waals surface area (Å²) >= 11 is 0. The zero-order valence-electron chi connectivity index (χ0n) is 22.5. The van der Waals surface area contributed by atoms with E-state index in [1.807, 2.05) is 18.2 Å². The van der Waals surface area contributed by atoms with Gasteiger partial charge in [-0.25, -0.2) is 4.98 Å². The third-order valence-electron chi connectivity index (χ3n) is 7.67. The molecule has 0 atom stereocenters. The van der Waals surface area contributed by atoms with Crippen molar-refractivity contribution in [3.63, 3.8) is 0 Å². The van der Waals surface area contributed by atoms with Crippen LogP contribution < -0.4 is 0 Å². The minimum Gasteiger partial charge on any atom is -0.256 e. The second-order valence-corrected chi connectivity index (χ2v) is 10.1. The first-order valence-corrected chi connectivity index (χ1v) is 13.6. The van der Waals surface area contributed by atoms with Gasteiger partial charge in [0, 0.05) is 18.0 Å². The maximum absolute atomic E-state index is 9.30. The molecule has 7 aromatic rings. The number of rotatable bonds is 4. The van der Waals surface area contributed by atoms with Crippen LogP contribution in [-0.4, -0.2) is 9.97 Å². The Labute approximate surface area is 243 Å². The lowest BCUT2D eigenvalue weighted by Gasteiger charge is -2.18. The molecule has 0 aliphatic rings. The molecule has 0 radical (unpaired) electrons. The first kappa shape index (κ1) is 24.9. The smallest absolute Gasteiger partial charge is 0.141 e. The van der Waals surface area contributed by atoms with E-state index in [1.54, 1.807) is 18.5 Å². The van der Waals surface area contributed by atoms with Crippen LogP contribution in [0.5, 0.6) is 0 Å². The van der Waals surface area contributed by atoms with E-state index in [9.17, 15) is 10.5 Å². The number of nitrogens with zero attached hydrogens (tertiary/aromatic N) is 4. The zero-order valence-corrected chi connectivity index (χ0v) is 22.5. The van der Waals surface area contributed by atoms with Gasteiger partial charge >= 0.3 is 0 Å². The Morgan fingerprint density at radius 1 is 0.429 bits per heavy atom. The van der Waals surface area contributed by atoms with Crippen molar-refractivity contribution in [1.82, 2.24) is 9.97 Å². The standard InChI is InChI=1S/C38H22N4/c39-23-25-17-19-42-36(21-25)27-11-15-29(16-12-27)38-34-7-3-1-5-32(34)37(33-6-2-4-8-35(33)38)28-13-9-26(10-14-28)30-18-20-41-31(22-30)24-40/h1-22H. The summed E-state index contributed by atoms with van der Waals surface area (Å²) in [5.74, 6) is 0. The second kappa shape index (κ2) is 10.5. The first-order chi connectivity index (χ1) is 20.7. The number of fused-ring (bicyclic) bond motifs is 2. The maximum Gasteiger partial charge on any atom is 0.141 e. The van der Waals surface area contributed by atoms with E-state index < -0.39 is 0 Å². The molecule has 5 aromatic carbocycles. The number of benzene rings is 5. The van der Waals surface area contributed by atoms with Crippen LogP contribution >= 0.6 is 0 Å². The summed E-state index contributed by atoms with van der Waals surface area (Å²) in [5.41, 5.74) is 9.39. The van der Waals surface area contributed by atoms with Crippen LogP contribution in [-0.2, 0) is 0 Å². The van der Waals surface area contributed by atoms with Crippen molar-refractivity contribution in [3.8, 4) is 56.8 Å². The minimum atomic E-state index is 0.407. The largest absolute Gasteiger partial charge is 0.256 e. The average molecular weight is 535 g/mol. The summed E-state index contributed by atoms with van der Waals surface area (Å²) in [4.78, 5) is 8.57. The fourth-order valence-electron chi connectivity index (χ4n) is 5.72. The quantitative estimate of drug-likeness (QED) is 0.211. The first-order valence-electron chi connectivity index (χ1n) is 13.6. The van der Waals surface area contributed by atoms with E-state index in [0.29, 0.717) is 11.3 Å². The van der Waals surface area contributed by atoms with E-state index in [4.69, 9.17) is 0 Å². The molecule has 0 amide bonds. The van der Waals surface area contributed by atoms with E-state index in [1.165, 1.54) is 32.7 Å². The molecule has 4 heteroatoms. The highest BCUT2D eigenvalue weighted by molar-refractivity contribution is 6.21. The van der Waals surface area contributed by atoms with Crippen LogP contribution in [0.1, 0.15) is 11.3 Å². The molecule has 0 aliphatic heterocycles.